The van der Waals surface area contributed by atoms with Crippen LogP contribution in [0.2, 0.25) is 0 Å². The Hall–Kier alpha value is -0.210. The summed E-state index contributed by atoms with van der Waals surface area (Å²) >= 11 is 0. The van der Waals surface area contributed by atoms with E-state index < -0.39 is 12.1 Å². The zero-order valence-corrected chi connectivity index (χ0v) is 8.76. The Morgan fingerprint density at radius 1 is 0.800 bits per heavy atom. The number of hydrogen-bond donors (Lipinski definition) is 0. The molecule has 0 spiro atoms. The van der Waals surface area contributed by atoms with E-state index >= 15 is 0 Å². The van der Waals surface area contributed by atoms with Crippen LogP contribution >= 0.6 is 0 Å². The largest absolute Gasteiger partial charge is 0.392 e. The Kier molecular flexibility index (Phi) is 2.09. The molecular formula is C12H17F3. The SMILES string of the molecule is FC(F)(F)C1CC2CC1C1CCCCC21. The maximum atomic E-state index is 12.8. The molecule has 0 amide bonds. The molecule has 0 aromatic rings. The molecule has 15 heavy (non-hydrogen) atoms. The zero-order chi connectivity index (χ0) is 10.6. The van der Waals surface area contributed by atoms with Crippen LogP contribution in [0.1, 0.15) is 38.5 Å². The van der Waals surface area contributed by atoms with Gasteiger partial charge in [0.05, 0.1) is 5.92 Å². The molecule has 0 nitrogen and oxygen atoms in total. The van der Waals surface area contributed by atoms with E-state index in [1.165, 1.54) is 12.8 Å². The van der Waals surface area contributed by atoms with Crippen LogP contribution in [-0.2, 0) is 0 Å². The molecule has 3 saturated carbocycles. The molecule has 0 radical (unpaired) electrons. The lowest BCUT2D eigenvalue weighted by Gasteiger charge is -2.39. The summed E-state index contributed by atoms with van der Waals surface area (Å²) in [5.74, 6) is 0.514. The molecule has 3 fully saturated rings. The molecule has 86 valence electrons. The molecule has 0 saturated heterocycles. The molecule has 0 aromatic heterocycles. The molecule has 3 aliphatic carbocycles. The topological polar surface area (TPSA) is 0 Å². The van der Waals surface area contributed by atoms with Crippen LogP contribution in [0.15, 0.2) is 0 Å². The standard InChI is InChI=1S/C12H17F3/c13-12(14,15)11-6-7-5-10(11)9-4-2-1-3-8(7)9/h7-11H,1-6H2. The van der Waals surface area contributed by atoms with Crippen LogP contribution in [0, 0.1) is 29.6 Å². The quantitative estimate of drug-likeness (QED) is 0.576. The first kappa shape index (κ1) is 9.98. The van der Waals surface area contributed by atoms with Gasteiger partial charge < -0.3 is 0 Å². The first-order chi connectivity index (χ1) is 7.07. The fourth-order valence-corrected chi connectivity index (χ4v) is 4.62. The highest BCUT2D eigenvalue weighted by Crippen LogP contribution is 2.62. The van der Waals surface area contributed by atoms with Crippen molar-refractivity contribution in [3.05, 3.63) is 0 Å². The second-order valence-corrected chi connectivity index (χ2v) is 5.66. The van der Waals surface area contributed by atoms with Gasteiger partial charge in [0.1, 0.15) is 0 Å². The summed E-state index contributed by atoms with van der Waals surface area (Å²) in [7, 11) is 0. The Labute approximate surface area is 88.2 Å². The smallest absolute Gasteiger partial charge is 0.171 e. The predicted octanol–water partition coefficient (Wildman–Crippen LogP) is 4.01. The highest BCUT2D eigenvalue weighted by Gasteiger charge is 2.59. The zero-order valence-electron chi connectivity index (χ0n) is 8.76. The van der Waals surface area contributed by atoms with E-state index in [-0.39, 0.29) is 5.92 Å². The number of rotatable bonds is 0. The van der Waals surface area contributed by atoms with E-state index in [1.807, 2.05) is 0 Å². The summed E-state index contributed by atoms with van der Waals surface area (Å²) in [5, 5.41) is 0. The fraction of sp³-hybridized carbons (Fsp3) is 1.00. The van der Waals surface area contributed by atoms with Crippen molar-refractivity contribution in [2.75, 3.05) is 0 Å². The van der Waals surface area contributed by atoms with Crippen LogP contribution in [0.3, 0.4) is 0 Å². The van der Waals surface area contributed by atoms with Crippen molar-refractivity contribution in [1.29, 1.82) is 0 Å². The molecule has 0 heterocycles. The third-order valence-corrected chi connectivity index (χ3v) is 5.10. The molecule has 5 atom stereocenters. The molecule has 3 aliphatic rings. The Morgan fingerprint density at radius 2 is 1.47 bits per heavy atom. The lowest BCUT2D eigenvalue weighted by molar-refractivity contribution is -0.196. The van der Waals surface area contributed by atoms with Crippen molar-refractivity contribution in [3.8, 4) is 0 Å². The second kappa shape index (κ2) is 3.14. The first-order valence-electron chi connectivity index (χ1n) is 6.14. The lowest BCUT2D eigenvalue weighted by atomic mass is 9.67. The molecule has 3 rings (SSSR count). The van der Waals surface area contributed by atoms with Crippen LogP contribution in [0.25, 0.3) is 0 Å². The van der Waals surface area contributed by atoms with Crippen molar-refractivity contribution in [2.24, 2.45) is 29.6 Å². The van der Waals surface area contributed by atoms with E-state index in [1.54, 1.807) is 0 Å². The molecule has 0 N–H and O–H groups in total. The van der Waals surface area contributed by atoms with Gasteiger partial charge in [-0.2, -0.15) is 13.2 Å². The lowest BCUT2D eigenvalue weighted by Crippen LogP contribution is -2.37. The van der Waals surface area contributed by atoms with Gasteiger partial charge in [-0.15, -0.1) is 0 Å². The van der Waals surface area contributed by atoms with Crippen LogP contribution < -0.4 is 0 Å². The Morgan fingerprint density at radius 3 is 2.13 bits per heavy atom. The Bertz CT molecular complexity index is 258. The molecule has 0 aliphatic heterocycles. The number of alkyl halides is 3. The van der Waals surface area contributed by atoms with Gasteiger partial charge in [0.25, 0.3) is 0 Å². The highest BCUT2D eigenvalue weighted by molar-refractivity contribution is 5.03. The molecule has 3 heteroatoms. The summed E-state index contributed by atoms with van der Waals surface area (Å²) in [5.41, 5.74) is 0. The second-order valence-electron chi connectivity index (χ2n) is 5.66. The van der Waals surface area contributed by atoms with Crippen molar-refractivity contribution >= 4 is 0 Å². The predicted molar refractivity (Wildman–Crippen MR) is 51.2 cm³/mol. The maximum Gasteiger partial charge on any atom is 0.392 e. The van der Waals surface area contributed by atoms with Gasteiger partial charge in [-0.1, -0.05) is 12.8 Å². The molecule has 5 unspecified atom stereocenters. The van der Waals surface area contributed by atoms with E-state index in [4.69, 9.17) is 0 Å². The van der Waals surface area contributed by atoms with Gasteiger partial charge in [0.15, 0.2) is 0 Å². The summed E-state index contributed by atoms with van der Waals surface area (Å²) in [6, 6.07) is 0. The minimum absolute atomic E-state index is 0.0136. The monoisotopic (exact) mass is 218 g/mol. The van der Waals surface area contributed by atoms with Gasteiger partial charge in [0, 0.05) is 0 Å². The van der Waals surface area contributed by atoms with Gasteiger partial charge >= 0.3 is 6.18 Å². The minimum atomic E-state index is -3.93. The van der Waals surface area contributed by atoms with Crippen molar-refractivity contribution in [1.82, 2.24) is 0 Å². The fourth-order valence-electron chi connectivity index (χ4n) is 4.62. The number of hydrogen-bond acceptors (Lipinski definition) is 0. The molecule has 0 aromatic carbocycles. The van der Waals surface area contributed by atoms with E-state index in [0.717, 1.165) is 19.3 Å². The van der Waals surface area contributed by atoms with Gasteiger partial charge in [-0.25, -0.2) is 0 Å². The first-order valence-corrected chi connectivity index (χ1v) is 6.14. The summed E-state index contributed by atoms with van der Waals surface area (Å²) in [6.45, 7) is 0. The van der Waals surface area contributed by atoms with Gasteiger partial charge in [-0.05, 0) is 49.4 Å². The van der Waals surface area contributed by atoms with E-state index in [0.29, 0.717) is 24.2 Å². The summed E-state index contributed by atoms with van der Waals surface area (Å²) in [4.78, 5) is 0. The van der Waals surface area contributed by atoms with Gasteiger partial charge in [0.2, 0.25) is 0 Å². The van der Waals surface area contributed by atoms with E-state index in [2.05, 4.69) is 0 Å². The average Bonchev–Trinajstić information content (AvgIpc) is 2.74. The number of halogens is 3. The number of fused-ring (bicyclic) bond motifs is 5. The molecular weight excluding hydrogens is 201 g/mol. The van der Waals surface area contributed by atoms with Crippen LogP contribution in [0.5, 0.6) is 0 Å². The average molecular weight is 218 g/mol. The Balaban J connectivity index is 1.81. The van der Waals surface area contributed by atoms with Gasteiger partial charge in [-0.3, -0.25) is 0 Å². The third-order valence-electron chi connectivity index (χ3n) is 5.10. The summed E-state index contributed by atoms with van der Waals surface area (Å²) in [6.07, 6.45) is 2.07. The van der Waals surface area contributed by atoms with Crippen LogP contribution in [-0.4, -0.2) is 6.18 Å². The van der Waals surface area contributed by atoms with Crippen LogP contribution in [0.4, 0.5) is 13.2 Å². The maximum absolute atomic E-state index is 12.8. The summed E-state index contributed by atoms with van der Waals surface area (Å²) < 4.78 is 38.3. The van der Waals surface area contributed by atoms with Crippen molar-refractivity contribution in [2.45, 2.75) is 44.7 Å². The third kappa shape index (κ3) is 1.42. The van der Waals surface area contributed by atoms with Crippen molar-refractivity contribution in [3.63, 3.8) is 0 Å². The minimum Gasteiger partial charge on any atom is -0.171 e. The van der Waals surface area contributed by atoms with Crippen molar-refractivity contribution < 1.29 is 13.2 Å². The highest BCUT2D eigenvalue weighted by atomic mass is 19.4. The molecule has 2 bridgehead atoms. The van der Waals surface area contributed by atoms with E-state index in [9.17, 15) is 13.2 Å². The normalized spacial score (nSPS) is 49.4.